The first-order valence-electron chi connectivity index (χ1n) is 7.03. The molecule has 2 heterocycles. The Kier molecular flexibility index (Phi) is 5.20. The van der Waals surface area contributed by atoms with Gasteiger partial charge in [0.1, 0.15) is 0 Å². The second-order valence-corrected chi connectivity index (χ2v) is 4.95. The predicted octanol–water partition coefficient (Wildman–Crippen LogP) is 1.08. The zero-order valence-corrected chi connectivity index (χ0v) is 11.5. The number of carbonyl (C=O) groups excluding carboxylic acids is 1. The molecule has 0 aliphatic carbocycles. The van der Waals surface area contributed by atoms with Gasteiger partial charge < -0.3 is 10.6 Å². The van der Waals surface area contributed by atoms with Crippen molar-refractivity contribution >= 4 is 6.03 Å². The maximum atomic E-state index is 11.7. The summed E-state index contributed by atoms with van der Waals surface area (Å²) in [5, 5.41) is 12.4. The summed E-state index contributed by atoms with van der Waals surface area (Å²) in [4.78, 5) is 14.2. The number of nitrogens with zero attached hydrogens (tertiary/aromatic N) is 2. The van der Waals surface area contributed by atoms with E-state index in [0.717, 1.165) is 25.2 Å². The van der Waals surface area contributed by atoms with E-state index < -0.39 is 0 Å². The van der Waals surface area contributed by atoms with E-state index in [-0.39, 0.29) is 6.03 Å². The van der Waals surface area contributed by atoms with Crippen LogP contribution in [-0.2, 0) is 6.54 Å². The van der Waals surface area contributed by atoms with Crippen LogP contribution in [0.5, 0.6) is 0 Å². The number of rotatable bonds is 6. The molecule has 1 fully saturated rings. The normalized spacial score (nSPS) is 17.3. The summed E-state index contributed by atoms with van der Waals surface area (Å²) in [6.45, 7) is 5.69. The van der Waals surface area contributed by atoms with Crippen LogP contribution in [0.4, 0.5) is 4.79 Å². The van der Waals surface area contributed by atoms with E-state index >= 15 is 0 Å². The summed E-state index contributed by atoms with van der Waals surface area (Å²) < 4.78 is 0. The number of aromatic amines is 1. The highest BCUT2D eigenvalue weighted by molar-refractivity contribution is 5.73. The van der Waals surface area contributed by atoms with E-state index in [4.69, 9.17) is 0 Å². The average molecular weight is 265 g/mol. The summed E-state index contributed by atoms with van der Waals surface area (Å²) in [5.41, 5.74) is 0.904. The van der Waals surface area contributed by atoms with Gasteiger partial charge in [0.05, 0.1) is 12.2 Å². The van der Waals surface area contributed by atoms with Crippen molar-refractivity contribution in [3.8, 4) is 0 Å². The molecule has 1 aliphatic heterocycles. The molecule has 1 aliphatic rings. The molecule has 106 valence electrons. The Labute approximate surface area is 113 Å². The van der Waals surface area contributed by atoms with Gasteiger partial charge in [-0.15, -0.1) is 0 Å². The lowest BCUT2D eigenvalue weighted by molar-refractivity contribution is 0.216. The maximum absolute atomic E-state index is 11.7. The molecule has 19 heavy (non-hydrogen) atoms. The van der Waals surface area contributed by atoms with Gasteiger partial charge in [0.2, 0.25) is 0 Å². The van der Waals surface area contributed by atoms with E-state index in [2.05, 4.69) is 32.7 Å². The van der Waals surface area contributed by atoms with Crippen LogP contribution >= 0.6 is 0 Å². The van der Waals surface area contributed by atoms with Crippen LogP contribution in [0.15, 0.2) is 12.3 Å². The Morgan fingerprint density at radius 3 is 2.89 bits per heavy atom. The summed E-state index contributed by atoms with van der Waals surface area (Å²) in [6.07, 6.45) is 5.31. The number of nitrogens with one attached hydrogen (secondary N) is 3. The van der Waals surface area contributed by atoms with E-state index in [1.807, 2.05) is 6.07 Å². The second-order valence-electron chi connectivity index (χ2n) is 4.95. The van der Waals surface area contributed by atoms with Crippen LogP contribution in [0.3, 0.4) is 0 Å². The monoisotopic (exact) mass is 265 g/mol. The maximum Gasteiger partial charge on any atom is 0.315 e. The number of hydrogen-bond donors (Lipinski definition) is 3. The molecule has 2 amide bonds. The Bertz CT molecular complexity index is 372. The lowest BCUT2D eigenvalue weighted by Gasteiger charge is -2.26. The molecule has 0 aromatic carbocycles. The average Bonchev–Trinajstić information content (AvgIpc) is 3.10. The summed E-state index contributed by atoms with van der Waals surface area (Å²) in [6, 6.07) is 2.19. The van der Waals surface area contributed by atoms with Gasteiger partial charge in [0, 0.05) is 18.8 Å². The van der Waals surface area contributed by atoms with Crippen LogP contribution < -0.4 is 10.6 Å². The molecule has 6 nitrogen and oxygen atoms in total. The lowest BCUT2D eigenvalue weighted by Crippen LogP contribution is -2.45. The highest BCUT2D eigenvalue weighted by Crippen LogP contribution is 2.13. The molecule has 0 bridgehead atoms. The topological polar surface area (TPSA) is 73.0 Å². The van der Waals surface area contributed by atoms with E-state index in [1.54, 1.807) is 6.20 Å². The first-order valence-corrected chi connectivity index (χ1v) is 7.03. The number of hydrogen-bond acceptors (Lipinski definition) is 3. The van der Waals surface area contributed by atoms with Crippen molar-refractivity contribution in [1.82, 2.24) is 25.7 Å². The number of likely N-dealkylation sites (tertiary alicyclic amines) is 1. The van der Waals surface area contributed by atoms with E-state index in [0.29, 0.717) is 19.1 Å². The molecule has 0 radical (unpaired) electrons. The van der Waals surface area contributed by atoms with Crippen molar-refractivity contribution in [3.05, 3.63) is 18.0 Å². The Morgan fingerprint density at radius 1 is 1.47 bits per heavy atom. The molecule has 1 saturated heterocycles. The van der Waals surface area contributed by atoms with Gasteiger partial charge in [0.15, 0.2) is 0 Å². The smallest absolute Gasteiger partial charge is 0.315 e. The number of amides is 2. The first kappa shape index (κ1) is 13.9. The van der Waals surface area contributed by atoms with Crippen LogP contribution in [0.25, 0.3) is 0 Å². The first-order chi connectivity index (χ1) is 9.29. The van der Waals surface area contributed by atoms with E-state index in [1.165, 1.54) is 12.8 Å². The van der Waals surface area contributed by atoms with Crippen LogP contribution in [0, 0.1) is 0 Å². The highest BCUT2D eigenvalue weighted by atomic mass is 16.2. The second kappa shape index (κ2) is 7.13. The van der Waals surface area contributed by atoms with Gasteiger partial charge in [0.25, 0.3) is 0 Å². The van der Waals surface area contributed by atoms with Gasteiger partial charge in [-0.2, -0.15) is 5.10 Å². The Balaban J connectivity index is 1.66. The van der Waals surface area contributed by atoms with Crippen LogP contribution in [-0.4, -0.2) is 46.8 Å². The largest absolute Gasteiger partial charge is 0.337 e. The summed E-state index contributed by atoms with van der Waals surface area (Å²) in [7, 11) is 0. The number of carbonyl (C=O) groups is 1. The van der Waals surface area contributed by atoms with Gasteiger partial charge in [-0.05, 0) is 38.4 Å². The molecule has 2 rings (SSSR count). The van der Waals surface area contributed by atoms with Crippen LogP contribution in [0.1, 0.15) is 31.9 Å². The fourth-order valence-electron chi connectivity index (χ4n) is 2.47. The molecule has 6 heteroatoms. The minimum atomic E-state index is -0.118. The standard InChI is InChI=1S/C13H23N5O/c1-2-12(18-7-3-4-8-18)10-15-13(19)14-9-11-5-6-16-17-11/h5-6,12H,2-4,7-10H2,1H3,(H,16,17)(H2,14,15,19)/t12-/m0/s1. The Morgan fingerprint density at radius 2 is 2.26 bits per heavy atom. The molecular formula is C13H23N5O. The molecule has 0 spiro atoms. The SMILES string of the molecule is CC[C@@H](CNC(=O)NCc1ccn[nH]1)N1CCCC1. The highest BCUT2D eigenvalue weighted by Gasteiger charge is 2.20. The van der Waals surface area contributed by atoms with Crippen molar-refractivity contribution in [2.45, 2.75) is 38.8 Å². The zero-order valence-electron chi connectivity index (χ0n) is 11.5. The lowest BCUT2D eigenvalue weighted by atomic mass is 10.2. The number of urea groups is 1. The van der Waals surface area contributed by atoms with Crippen molar-refractivity contribution < 1.29 is 4.79 Å². The van der Waals surface area contributed by atoms with Crippen molar-refractivity contribution in [1.29, 1.82) is 0 Å². The Hall–Kier alpha value is -1.56. The summed E-state index contributed by atoms with van der Waals surface area (Å²) in [5.74, 6) is 0. The molecular weight excluding hydrogens is 242 g/mol. The van der Waals surface area contributed by atoms with Crippen molar-refractivity contribution in [2.24, 2.45) is 0 Å². The molecule has 0 unspecified atom stereocenters. The van der Waals surface area contributed by atoms with Gasteiger partial charge in [-0.25, -0.2) is 4.79 Å². The predicted molar refractivity (Wildman–Crippen MR) is 73.7 cm³/mol. The van der Waals surface area contributed by atoms with E-state index in [9.17, 15) is 4.79 Å². The molecule has 0 saturated carbocycles. The quantitative estimate of drug-likeness (QED) is 0.720. The molecule has 1 atom stereocenters. The van der Waals surface area contributed by atoms with Gasteiger partial charge >= 0.3 is 6.03 Å². The fraction of sp³-hybridized carbons (Fsp3) is 0.692. The molecule has 1 aromatic heterocycles. The summed E-state index contributed by atoms with van der Waals surface area (Å²) >= 11 is 0. The van der Waals surface area contributed by atoms with Gasteiger partial charge in [-0.1, -0.05) is 6.92 Å². The van der Waals surface area contributed by atoms with Gasteiger partial charge in [-0.3, -0.25) is 10.00 Å². The number of aromatic nitrogens is 2. The third-order valence-electron chi connectivity index (χ3n) is 3.62. The zero-order chi connectivity index (χ0) is 13.5. The molecule has 1 aromatic rings. The van der Waals surface area contributed by atoms with Crippen molar-refractivity contribution in [2.75, 3.05) is 19.6 Å². The molecule has 3 N–H and O–H groups in total. The fourth-order valence-corrected chi connectivity index (χ4v) is 2.47. The third-order valence-corrected chi connectivity index (χ3v) is 3.62. The van der Waals surface area contributed by atoms with Crippen LogP contribution in [0.2, 0.25) is 0 Å². The third kappa shape index (κ3) is 4.24. The minimum absolute atomic E-state index is 0.118. The number of H-pyrrole nitrogens is 1. The minimum Gasteiger partial charge on any atom is -0.337 e. The van der Waals surface area contributed by atoms with Crippen molar-refractivity contribution in [3.63, 3.8) is 0 Å².